The Morgan fingerprint density at radius 2 is 1.93 bits per heavy atom. The minimum atomic E-state index is -3.60. The zero-order chi connectivity index (χ0) is 21.1. The Kier molecular flexibility index (Phi) is 6.46. The number of nitrogens with zero attached hydrogens (tertiary/aromatic N) is 2. The van der Waals surface area contributed by atoms with Crippen LogP contribution < -0.4 is 10.1 Å². The Balaban J connectivity index is 1.62. The number of rotatable bonds is 5. The van der Waals surface area contributed by atoms with Gasteiger partial charge in [-0.3, -0.25) is 0 Å². The average Bonchev–Trinajstić information content (AvgIpc) is 3.15. The number of hydrogen-bond donors (Lipinski definition) is 2. The first-order chi connectivity index (χ1) is 14.5. The monoisotopic (exact) mass is 432 g/mol. The maximum atomic E-state index is 13.3. The Morgan fingerprint density at radius 1 is 1.13 bits per heavy atom. The van der Waals surface area contributed by atoms with Gasteiger partial charge in [0.2, 0.25) is 10.0 Å². The number of imidazole rings is 1. The van der Waals surface area contributed by atoms with E-state index in [9.17, 15) is 8.42 Å². The molecule has 1 saturated heterocycles. The van der Waals surface area contributed by atoms with Crippen LogP contribution in [0.5, 0.6) is 5.75 Å². The number of benzene rings is 1. The number of aromatic nitrogens is 2. The molecule has 2 N–H and O–H groups in total. The summed E-state index contributed by atoms with van der Waals surface area (Å²) in [4.78, 5) is 8.28. The van der Waals surface area contributed by atoms with Crippen LogP contribution in [0.4, 0.5) is 0 Å². The van der Waals surface area contributed by atoms with Crippen molar-refractivity contribution in [1.29, 1.82) is 0 Å². The summed E-state index contributed by atoms with van der Waals surface area (Å²) in [5.74, 6) is 1.77. The molecule has 2 heterocycles. The first-order valence-electron chi connectivity index (χ1n) is 11.0. The van der Waals surface area contributed by atoms with Crippen molar-refractivity contribution >= 4 is 10.0 Å². The molecule has 1 aromatic heterocycles. The molecule has 2 aliphatic rings. The molecule has 1 aromatic carbocycles. The molecular weight excluding hydrogens is 400 g/mol. The van der Waals surface area contributed by atoms with Crippen molar-refractivity contribution in [3.8, 4) is 17.1 Å². The zero-order valence-electron chi connectivity index (χ0n) is 17.9. The van der Waals surface area contributed by atoms with Crippen molar-refractivity contribution in [2.45, 2.75) is 62.3 Å². The third-order valence-electron chi connectivity index (χ3n) is 6.41. The molecule has 1 saturated carbocycles. The maximum Gasteiger partial charge on any atom is 0.243 e. The molecule has 0 radical (unpaired) electrons. The van der Waals surface area contributed by atoms with Crippen LogP contribution in [-0.2, 0) is 10.0 Å². The van der Waals surface area contributed by atoms with Crippen LogP contribution in [0.2, 0.25) is 0 Å². The van der Waals surface area contributed by atoms with Crippen molar-refractivity contribution in [2.24, 2.45) is 0 Å². The topological polar surface area (TPSA) is 87.3 Å². The minimum absolute atomic E-state index is 0.0428. The highest BCUT2D eigenvalue weighted by atomic mass is 32.2. The van der Waals surface area contributed by atoms with Crippen LogP contribution >= 0.6 is 0 Å². The quantitative estimate of drug-likeness (QED) is 0.755. The van der Waals surface area contributed by atoms with Crippen molar-refractivity contribution in [3.05, 3.63) is 30.1 Å². The smallest absolute Gasteiger partial charge is 0.243 e. The van der Waals surface area contributed by atoms with Crippen molar-refractivity contribution in [1.82, 2.24) is 19.6 Å². The van der Waals surface area contributed by atoms with Crippen LogP contribution in [0.1, 0.15) is 57.1 Å². The lowest BCUT2D eigenvalue weighted by atomic mass is 9.87. The predicted octanol–water partition coefficient (Wildman–Crippen LogP) is 3.51. The van der Waals surface area contributed by atoms with Crippen LogP contribution in [-0.4, -0.2) is 55.5 Å². The lowest BCUT2D eigenvalue weighted by Gasteiger charge is -2.26. The zero-order valence-corrected chi connectivity index (χ0v) is 18.7. The summed E-state index contributed by atoms with van der Waals surface area (Å²) in [6, 6.07) is 5.05. The number of sulfonamides is 1. The van der Waals surface area contributed by atoms with Gasteiger partial charge in [0.05, 0.1) is 17.6 Å². The molecule has 1 aliphatic heterocycles. The van der Waals surface area contributed by atoms with E-state index in [4.69, 9.17) is 4.74 Å². The number of hydrogen-bond acceptors (Lipinski definition) is 5. The van der Waals surface area contributed by atoms with E-state index in [0.717, 1.165) is 30.0 Å². The molecule has 0 amide bonds. The molecule has 7 nitrogen and oxygen atoms in total. The third-order valence-corrected chi connectivity index (χ3v) is 8.42. The molecular formula is C22H32N4O3S. The Bertz CT molecular complexity index is 967. The van der Waals surface area contributed by atoms with Gasteiger partial charge < -0.3 is 15.0 Å². The van der Waals surface area contributed by atoms with Gasteiger partial charge >= 0.3 is 0 Å². The number of aromatic amines is 1. The van der Waals surface area contributed by atoms with Gasteiger partial charge in [0, 0.05) is 43.0 Å². The standard InChI is InChI=1S/C22H32N4O3S/c1-16-10-11-23-12-13-26(16)30(27,28)18-8-9-19(21(14-18)29-2)22-24-15-20(25-22)17-6-4-3-5-7-17/h8-9,14-17,23H,3-7,10-13H2,1-2H3,(H,24,25). The van der Waals surface area contributed by atoms with Gasteiger partial charge in [0.1, 0.15) is 11.6 Å². The second-order valence-electron chi connectivity index (χ2n) is 8.39. The fourth-order valence-electron chi connectivity index (χ4n) is 4.60. The maximum absolute atomic E-state index is 13.3. The van der Waals surface area contributed by atoms with Crippen LogP contribution in [0.25, 0.3) is 11.4 Å². The second-order valence-corrected chi connectivity index (χ2v) is 10.3. The van der Waals surface area contributed by atoms with Gasteiger partial charge in [-0.2, -0.15) is 4.31 Å². The van der Waals surface area contributed by atoms with Crippen LogP contribution in [0, 0.1) is 0 Å². The summed E-state index contributed by atoms with van der Waals surface area (Å²) in [6.45, 7) is 3.93. The molecule has 2 aromatic rings. The Hall–Kier alpha value is -1.90. The van der Waals surface area contributed by atoms with Crippen molar-refractivity contribution in [2.75, 3.05) is 26.7 Å². The Morgan fingerprint density at radius 3 is 2.70 bits per heavy atom. The predicted molar refractivity (Wildman–Crippen MR) is 117 cm³/mol. The normalized spacial score (nSPS) is 22.0. The summed E-state index contributed by atoms with van der Waals surface area (Å²) in [5.41, 5.74) is 1.94. The fourth-order valence-corrected chi connectivity index (χ4v) is 6.28. The molecule has 164 valence electrons. The largest absolute Gasteiger partial charge is 0.496 e. The fraction of sp³-hybridized carbons (Fsp3) is 0.591. The molecule has 0 spiro atoms. The molecule has 8 heteroatoms. The first-order valence-corrected chi connectivity index (χ1v) is 12.4. The van der Waals surface area contributed by atoms with E-state index in [1.54, 1.807) is 29.6 Å². The van der Waals surface area contributed by atoms with E-state index in [1.807, 2.05) is 13.1 Å². The molecule has 1 aliphatic carbocycles. The van der Waals surface area contributed by atoms with E-state index in [-0.39, 0.29) is 10.9 Å². The summed E-state index contributed by atoms with van der Waals surface area (Å²) >= 11 is 0. The molecule has 30 heavy (non-hydrogen) atoms. The number of ether oxygens (including phenoxy) is 1. The van der Waals surface area contributed by atoms with Gasteiger partial charge in [0.15, 0.2) is 0 Å². The summed E-state index contributed by atoms with van der Waals surface area (Å²) < 4.78 is 33.8. The summed E-state index contributed by atoms with van der Waals surface area (Å²) in [7, 11) is -2.03. The van der Waals surface area contributed by atoms with E-state index in [0.29, 0.717) is 24.8 Å². The molecule has 1 atom stereocenters. The van der Waals surface area contributed by atoms with Crippen molar-refractivity contribution < 1.29 is 13.2 Å². The minimum Gasteiger partial charge on any atom is -0.496 e. The lowest BCUT2D eigenvalue weighted by Crippen LogP contribution is -2.39. The van der Waals surface area contributed by atoms with Crippen molar-refractivity contribution in [3.63, 3.8) is 0 Å². The SMILES string of the molecule is COc1cc(S(=O)(=O)N2CCNCCC2C)ccc1-c1ncc(C2CCCCC2)[nH]1. The average molecular weight is 433 g/mol. The number of H-pyrrole nitrogens is 1. The second kappa shape index (κ2) is 9.08. The third kappa shape index (κ3) is 4.26. The van der Waals surface area contributed by atoms with Gasteiger partial charge in [-0.1, -0.05) is 19.3 Å². The van der Waals surface area contributed by atoms with Gasteiger partial charge in [-0.25, -0.2) is 13.4 Å². The van der Waals surface area contributed by atoms with Crippen LogP contribution in [0.3, 0.4) is 0 Å². The van der Waals surface area contributed by atoms with Gasteiger partial charge in [-0.15, -0.1) is 0 Å². The van der Waals surface area contributed by atoms with E-state index < -0.39 is 10.0 Å². The molecule has 2 fully saturated rings. The highest BCUT2D eigenvalue weighted by Gasteiger charge is 2.31. The Labute approximate surface area is 179 Å². The first kappa shape index (κ1) is 21.3. The highest BCUT2D eigenvalue weighted by molar-refractivity contribution is 7.89. The number of methoxy groups -OCH3 is 1. The highest BCUT2D eigenvalue weighted by Crippen LogP contribution is 2.35. The molecule has 1 unspecified atom stereocenters. The van der Waals surface area contributed by atoms with E-state index in [1.165, 1.54) is 32.1 Å². The van der Waals surface area contributed by atoms with E-state index in [2.05, 4.69) is 15.3 Å². The summed E-state index contributed by atoms with van der Waals surface area (Å²) in [6.07, 6.45) is 8.94. The van der Waals surface area contributed by atoms with Gasteiger partial charge in [0.25, 0.3) is 0 Å². The number of nitrogens with one attached hydrogen (secondary N) is 2. The molecule has 4 rings (SSSR count). The van der Waals surface area contributed by atoms with Gasteiger partial charge in [-0.05, 0) is 44.9 Å². The summed E-state index contributed by atoms with van der Waals surface area (Å²) in [5, 5.41) is 3.27. The lowest BCUT2D eigenvalue weighted by molar-refractivity contribution is 0.350. The van der Waals surface area contributed by atoms with E-state index >= 15 is 0 Å². The van der Waals surface area contributed by atoms with Crippen LogP contribution in [0.15, 0.2) is 29.3 Å². The molecule has 0 bridgehead atoms.